The highest BCUT2D eigenvalue weighted by Gasteiger charge is 2.18. The molecule has 3 heteroatoms. The zero-order valence-electron chi connectivity index (χ0n) is 9.71. The third-order valence-corrected chi connectivity index (χ3v) is 3.42. The zero-order valence-corrected chi connectivity index (χ0v) is 9.71. The number of fused-ring (bicyclic) bond motifs is 1. The third kappa shape index (κ3) is 2.07. The molecule has 1 atom stereocenters. The Bertz CT molecular complexity index is 512. The molecule has 90 valence electrons. The summed E-state index contributed by atoms with van der Waals surface area (Å²) >= 11 is 0. The average Bonchev–Trinajstić information content (AvgIpc) is 2.59. The van der Waals surface area contributed by atoms with Crippen molar-refractivity contribution in [1.82, 2.24) is 5.32 Å². The van der Waals surface area contributed by atoms with Gasteiger partial charge >= 0.3 is 0 Å². The first-order valence-electron chi connectivity index (χ1n) is 6.26. The van der Waals surface area contributed by atoms with E-state index in [9.17, 15) is 4.39 Å². The van der Waals surface area contributed by atoms with Crippen molar-refractivity contribution in [2.75, 3.05) is 6.54 Å². The molecule has 0 spiro atoms. The van der Waals surface area contributed by atoms with Crippen LogP contribution in [0.2, 0.25) is 0 Å². The Morgan fingerprint density at radius 3 is 3.06 bits per heavy atom. The van der Waals surface area contributed by atoms with Crippen molar-refractivity contribution in [3.8, 4) is 0 Å². The molecule has 0 amide bonds. The first-order chi connectivity index (χ1) is 8.34. The van der Waals surface area contributed by atoms with Gasteiger partial charge in [0.25, 0.3) is 0 Å². The van der Waals surface area contributed by atoms with E-state index >= 15 is 0 Å². The van der Waals surface area contributed by atoms with Gasteiger partial charge in [-0.15, -0.1) is 0 Å². The standard InChI is InChI=1S/C14H16FNO/c15-11-6-4-5-10-9-13(17-14(10)11)12-7-2-1-3-8-16-12/h4-6,9,12,16H,1-3,7-8H2. The predicted octanol–water partition coefficient (Wildman–Crippen LogP) is 3.78. The summed E-state index contributed by atoms with van der Waals surface area (Å²) in [7, 11) is 0. The molecule has 2 heterocycles. The van der Waals surface area contributed by atoms with E-state index in [2.05, 4.69) is 5.32 Å². The van der Waals surface area contributed by atoms with Crippen LogP contribution in [-0.4, -0.2) is 6.54 Å². The van der Waals surface area contributed by atoms with Crippen molar-refractivity contribution in [3.05, 3.63) is 35.8 Å². The number of rotatable bonds is 1. The van der Waals surface area contributed by atoms with E-state index in [1.165, 1.54) is 25.3 Å². The molecule has 2 nitrogen and oxygen atoms in total. The van der Waals surface area contributed by atoms with E-state index in [-0.39, 0.29) is 11.9 Å². The van der Waals surface area contributed by atoms with Crippen LogP contribution in [0.5, 0.6) is 0 Å². The quantitative estimate of drug-likeness (QED) is 0.811. The van der Waals surface area contributed by atoms with Crippen molar-refractivity contribution in [2.24, 2.45) is 0 Å². The van der Waals surface area contributed by atoms with Crippen LogP contribution in [0.4, 0.5) is 4.39 Å². The monoisotopic (exact) mass is 233 g/mol. The van der Waals surface area contributed by atoms with Crippen LogP contribution in [-0.2, 0) is 0 Å². The number of halogens is 1. The summed E-state index contributed by atoms with van der Waals surface area (Å²) in [6, 6.07) is 7.25. The van der Waals surface area contributed by atoms with Crippen molar-refractivity contribution in [2.45, 2.75) is 31.7 Å². The second kappa shape index (κ2) is 4.49. The van der Waals surface area contributed by atoms with Gasteiger partial charge in [0.05, 0.1) is 6.04 Å². The molecule has 0 bridgehead atoms. The molecule has 1 aromatic carbocycles. The van der Waals surface area contributed by atoms with Gasteiger partial charge in [0.1, 0.15) is 5.76 Å². The van der Waals surface area contributed by atoms with Gasteiger partial charge in [0.15, 0.2) is 11.4 Å². The van der Waals surface area contributed by atoms with E-state index in [1.807, 2.05) is 12.1 Å². The van der Waals surface area contributed by atoms with E-state index in [4.69, 9.17) is 4.42 Å². The minimum absolute atomic E-state index is 0.240. The number of hydrogen-bond donors (Lipinski definition) is 1. The summed E-state index contributed by atoms with van der Waals surface area (Å²) in [5.74, 6) is 0.592. The first-order valence-corrected chi connectivity index (χ1v) is 6.26. The Balaban J connectivity index is 1.96. The Hall–Kier alpha value is -1.35. The Kier molecular flexibility index (Phi) is 2.85. The molecule has 0 radical (unpaired) electrons. The maximum absolute atomic E-state index is 13.5. The van der Waals surface area contributed by atoms with E-state index in [0.717, 1.165) is 24.1 Å². The van der Waals surface area contributed by atoms with Gasteiger partial charge < -0.3 is 9.73 Å². The minimum Gasteiger partial charge on any atom is -0.456 e. The number of furan rings is 1. The smallest absolute Gasteiger partial charge is 0.169 e. The van der Waals surface area contributed by atoms with Crippen molar-refractivity contribution in [1.29, 1.82) is 0 Å². The highest BCUT2D eigenvalue weighted by molar-refractivity contribution is 5.78. The zero-order chi connectivity index (χ0) is 11.7. The van der Waals surface area contributed by atoms with Gasteiger partial charge in [0, 0.05) is 5.39 Å². The predicted molar refractivity (Wildman–Crippen MR) is 65.4 cm³/mol. The fourth-order valence-corrected chi connectivity index (χ4v) is 2.49. The molecule has 0 aliphatic carbocycles. The van der Waals surface area contributed by atoms with Crippen molar-refractivity contribution in [3.63, 3.8) is 0 Å². The average molecular weight is 233 g/mol. The largest absolute Gasteiger partial charge is 0.456 e. The lowest BCUT2D eigenvalue weighted by Crippen LogP contribution is -2.19. The second-order valence-corrected chi connectivity index (χ2v) is 4.66. The summed E-state index contributed by atoms with van der Waals surface area (Å²) in [5, 5.41) is 4.31. The van der Waals surface area contributed by atoms with Crippen LogP contribution in [0.25, 0.3) is 11.0 Å². The number of para-hydroxylation sites is 1. The highest BCUT2D eigenvalue weighted by Crippen LogP contribution is 2.29. The maximum atomic E-state index is 13.5. The Labute approximate surface area is 99.8 Å². The molecule has 1 aliphatic heterocycles. The molecule has 1 aromatic heterocycles. The lowest BCUT2D eigenvalue weighted by atomic mass is 10.1. The van der Waals surface area contributed by atoms with Crippen LogP contribution >= 0.6 is 0 Å². The normalized spacial score (nSPS) is 21.6. The second-order valence-electron chi connectivity index (χ2n) is 4.66. The minimum atomic E-state index is -0.276. The van der Waals surface area contributed by atoms with E-state index in [0.29, 0.717) is 5.58 Å². The summed E-state index contributed by atoms with van der Waals surface area (Å²) in [5.41, 5.74) is 0.383. The molecule has 1 saturated heterocycles. The van der Waals surface area contributed by atoms with Gasteiger partial charge in [0.2, 0.25) is 0 Å². The van der Waals surface area contributed by atoms with Gasteiger partial charge in [-0.25, -0.2) is 4.39 Å². The van der Waals surface area contributed by atoms with Gasteiger partial charge in [-0.3, -0.25) is 0 Å². The topological polar surface area (TPSA) is 25.2 Å². The molecule has 2 aromatic rings. The maximum Gasteiger partial charge on any atom is 0.169 e. The Morgan fingerprint density at radius 2 is 2.18 bits per heavy atom. The molecule has 1 aliphatic rings. The van der Waals surface area contributed by atoms with Crippen molar-refractivity contribution >= 4 is 11.0 Å². The summed E-state index contributed by atoms with van der Waals surface area (Å²) in [6.45, 7) is 1.02. The van der Waals surface area contributed by atoms with Crippen LogP contribution in [0.1, 0.15) is 37.5 Å². The number of hydrogen-bond acceptors (Lipinski definition) is 2. The highest BCUT2D eigenvalue weighted by atomic mass is 19.1. The van der Waals surface area contributed by atoms with E-state index in [1.54, 1.807) is 6.07 Å². The lowest BCUT2D eigenvalue weighted by molar-refractivity contribution is 0.420. The van der Waals surface area contributed by atoms with Crippen LogP contribution in [0, 0.1) is 5.82 Å². The molecule has 1 fully saturated rings. The summed E-state index contributed by atoms with van der Waals surface area (Å²) in [4.78, 5) is 0. The Morgan fingerprint density at radius 1 is 1.24 bits per heavy atom. The molecule has 3 rings (SSSR count). The lowest BCUT2D eigenvalue weighted by Gasteiger charge is -2.11. The number of benzene rings is 1. The third-order valence-electron chi connectivity index (χ3n) is 3.42. The number of nitrogens with one attached hydrogen (secondary N) is 1. The molecule has 0 saturated carbocycles. The van der Waals surface area contributed by atoms with Crippen LogP contribution < -0.4 is 5.32 Å². The van der Waals surface area contributed by atoms with Gasteiger partial charge in [-0.2, -0.15) is 0 Å². The van der Waals surface area contributed by atoms with Crippen molar-refractivity contribution < 1.29 is 8.81 Å². The van der Waals surface area contributed by atoms with Gasteiger partial charge in [-0.05, 0) is 31.5 Å². The van der Waals surface area contributed by atoms with E-state index < -0.39 is 0 Å². The fraction of sp³-hybridized carbons (Fsp3) is 0.429. The molecule has 1 N–H and O–H groups in total. The molecule has 1 unspecified atom stereocenters. The van der Waals surface area contributed by atoms with Gasteiger partial charge in [-0.1, -0.05) is 25.0 Å². The molecule has 17 heavy (non-hydrogen) atoms. The summed E-state index contributed by atoms with van der Waals surface area (Å²) in [6.07, 6.45) is 4.75. The first kappa shape index (κ1) is 10.8. The molecular weight excluding hydrogens is 217 g/mol. The van der Waals surface area contributed by atoms with Crippen LogP contribution in [0.3, 0.4) is 0 Å². The SMILES string of the molecule is Fc1cccc2cc(C3CCCCCN3)oc12. The summed E-state index contributed by atoms with van der Waals surface area (Å²) < 4.78 is 19.2. The fourth-order valence-electron chi connectivity index (χ4n) is 2.49. The molecular formula is C14H16FNO. The van der Waals surface area contributed by atoms with Crippen LogP contribution in [0.15, 0.2) is 28.7 Å².